The number of fused-ring (bicyclic) bond motifs is 2. The van der Waals surface area contributed by atoms with E-state index in [0.29, 0.717) is 30.5 Å². The van der Waals surface area contributed by atoms with Crippen molar-refractivity contribution >= 4 is 17.7 Å². The molecule has 1 saturated carbocycles. The quantitative estimate of drug-likeness (QED) is 0.432. The van der Waals surface area contributed by atoms with Crippen LogP contribution in [-0.4, -0.2) is 48.3 Å². The van der Waals surface area contributed by atoms with Crippen LogP contribution in [0.3, 0.4) is 0 Å². The molecule has 2 N–H and O–H groups in total. The third kappa shape index (κ3) is 7.80. The van der Waals surface area contributed by atoms with Gasteiger partial charge < -0.3 is 25.0 Å². The van der Waals surface area contributed by atoms with Crippen LogP contribution >= 0.6 is 0 Å². The zero-order valence-corrected chi connectivity index (χ0v) is 25.5. The second kappa shape index (κ2) is 13.4. The molecule has 1 aliphatic carbocycles. The lowest BCUT2D eigenvalue weighted by molar-refractivity contribution is 0.0491. The first-order valence-corrected chi connectivity index (χ1v) is 14.9. The number of allylic oxidation sites excluding steroid dienone is 2. The summed E-state index contributed by atoms with van der Waals surface area (Å²) < 4.78 is 11.0. The highest BCUT2D eigenvalue weighted by atomic mass is 16.6. The lowest BCUT2D eigenvalue weighted by atomic mass is 9.89. The largest absolute Gasteiger partial charge is 0.481 e. The number of amides is 2. The molecule has 0 radical (unpaired) electrons. The van der Waals surface area contributed by atoms with Crippen molar-refractivity contribution in [3.8, 4) is 5.88 Å². The Bertz CT molecular complexity index is 1260. The number of anilines is 1. The predicted octanol–water partition coefficient (Wildman–Crippen LogP) is 6.04. The minimum atomic E-state index is -0.507. The number of methoxy groups -OCH3 is 1. The van der Waals surface area contributed by atoms with Crippen molar-refractivity contribution in [2.45, 2.75) is 104 Å². The molecule has 2 aliphatic rings. The van der Waals surface area contributed by atoms with Gasteiger partial charge in [0.2, 0.25) is 5.88 Å². The summed E-state index contributed by atoms with van der Waals surface area (Å²) in [6.07, 6.45) is 10.2. The van der Waals surface area contributed by atoms with Gasteiger partial charge in [-0.05, 0) is 109 Å². The number of nitrogens with zero attached hydrogens (tertiary/aromatic N) is 2. The summed E-state index contributed by atoms with van der Waals surface area (Å²) >= 11 is 0. The first kappa shape index (κ1) is 30.4. The second-order valence-electron chi connectivity index (χ2n) is 12.0. The Morgan fingerprint density at radius 2 is 1.90 bits per heavy atom. The Hall–Kier alpha value is -3.55. The fourth-order valence-electron chi connectivity index (χ4n) is 6.04. The number of pyridine rings is 1. The number of hydrogen-bond acceptors (Lipinski definition) is 6. The lowest BCUT2D eigenvalue weighted by Crippen LogP contribution is -2.45. The molecule has 222 valence electrons. The van der Waals surface area contributed by atoms with Crippen molar-refractivity contribution in [1.29, 1.82) is 0 Å². The normalized spacial score (nSPS) is 20.3. The third-order valence-corrected chi connectivity index (χ3v) is 7.90. The fraction of sp³-hybridized carbons (Fsp3) is 0.545. The van der Waals surface area contributed by atoms with Crippen LogP contribution in [0.1, 0.15) is 92.5 Å². The van der Waals surface area contributed by atoms with Crippen molar-refractivity contribution in [3.63, 3.8) is 0 Å². The number of benzene rings is 1. The van der Waals surface area contributed by atoms with Gasteiger partial charge in [-0.3, -0.25) is 4.79 Å². The Labute approximate surface area is 244 Å². The maximum absolute atomic E-state index is 13.6. The van der Waals surface area contributed by atoms with E-state index in [4.69, 9.17) is 9.47 Å². The highest BCUT2D eigenvalue weighted by Gasteiger charge is 2.29. The van der Waals surface area contributed by atoms with Gasteiger partial charge >= 0.3 is 6.09 Å². The third-order valence-electron chi connectivity index (χ3n) is 7.90. The molecule has 41 heavy (non-hydrogen) atoms. The van der Waals surface area contributed by atoms with Gasteiger partial charge in [0.1, 0.15) is 5.60 Å². The van der Waals surface area contributed by atoms with Crippen LogP contribution in [0, 0.1) is 6.92 Å². The maximum Gasteiger partial charge on any atom is 0.407 e. The number of carbonyl (C=O) groups is 2. The number of ether oxygens (including phenoxy) is 2. The van der Waals surface area contributed by atoms with E-state index < -0.39 is 5.60 Å². The zero-order valence-electron chi connectivity index (χ0n) is 25.5. The van der Waals surface area contributed by atoms with Gasteiger partial charge in [-0.2, -0.15) is 0 Å². The van der Waals surface area contributed by atoms with Crippen LogP contribution in [0.4, 0.5) is 10.5 Å². The first-order chi connectivity index (χ1) is 19.6. The van der Waals surface area contributed by atoms with E-state index >= 15 is 0 Å². The van der Waals surface area contributed by atoms with Crippen molar-refractivity contribution in [3.05, 3.63) is 64.4 Å². The summed E-state index contributed by atoms with van der Waals surface area (Å²) in [5, 5.41) is 6.21. The van der Waals surface area contributed by atoms with E-state index in [1.54, 1.807) is 7.11 Å². The topological polar surface area (TPSA) is 92.8 Å². The Kier molecular flexibility index (Phi) is 9.94. The van der Waals surface area contributed by atoms with Gasteiger partial charge in [0.05, 0.1) is 7.11 Å². The van der Waals surface area contributed by atoms with Gasteiger partial charge in [0.25, 0.3) is 5.91 Å². The average Bonchev–Trinajstić information content (AvgIpc) is 2.91. The molecule has 1 fully saturated rings. The summed E-state index contributed by atoms with van der Waals surface area (Å²) in [6.45, 7) is 11.0. The molecule has 2 aromatic rings. The SMILES string of the molecule is CCN(c1cccc2c1C/C=C\CCc1cc(C)nc(OC)c1CNC2=O)[C@H]1CC[C@@H](NC(=O)OC(C)(C)C)CC1. The van der Waals surface area contributed by atoms with Crippen LogP contribution in [0.25, 0.3) is 0 Å². The Balaban J connectivity index is 1.54. The molecule has 2 heterocycles. The smallest absolute Gasteiger partial charge is 0.407 e. The second-order valence-corrected chi connectivity index (χ2v) is 12.0. The molecule has 0 atom stereocenters. The number of aromatic nitrogens is 1. The summed E-state index contributed by atoms with van der Waals surface area (Å²) in [4.78, 5) is 32.9. The first-order valence-electron chi connectivity index (χ1n) is 14.9. The standard InChI is InChI=1S/C33H46N4O4/c1-7-37(25-18-16-24(17-19-25)36-32(39)41-33(3,4)5)29-15-11-14-27-26(29)13-10-8-9-12-23-20-22(2)35-31(40-6)28(23)21-34-30(27)38/h8,10-11,14-15,20,24-25H,7,9,12-13,16-19,21H2,1-6H3,(H,34,38)(H,36,39)/b10-8-/t24-,25+. The molecule has 8 nitrogen and oxygen atoms in total. The number of carbonyl (C=O) groups excluding carboxylic acids is 2. The van der Waals surface area contributed by atoms with Crippen molar-refractivity contribution in [1.82, 2.24) is 15.6 Å². The van der Waals surface area contributed by atoms with Crippen molar-refractivity contribution in [2.75, 3.05) is 18.6 Å². The van der Waals surface area contributed by atoms with Crippen molar-refractivity contribution < 1.29 is 19.1 Å². The van der Waals surface area contributed by atoms with E-state index in [1.165, 1.54) is 0 Å². The summed E-state index contributed by atoms with van der Waals surface area (Å²) in [7, 11) is 1.63. The van der Waals surface area contributed by atoms with Crippen molar-refractivity contribution in [2.24, 2.45) is 0 Å². The van der Waals surface area contributed by atoms with Crippen LogP contribution in [0.5, 0.6) is 5.88 Å². The lowest BCUT2D eigenvalue weighted by Gasteiger charge is -2.39. The van der Waals surface area contributed by atoms with Crippen LogP contribution in [0.15, 0.2) is 36.4 Å². The maximum atomic E-state index is 13.6. The van der Waals surface area contributed by atoms with Crippen LogP contribution < -0.4 is 20.3 Å². The van der Waals surface area contributed by atoms with Gasteiger partial charge in [-0.25, -0.2) is 9.78 Å². The molecule has 0 unspecified atom stereocenters. The molecule has 0 saturated heterocycles. The molecule has 2 amide bonds. The number of nitrogens with one attached hydrogen (secondary N) is 2. The predicted molar refractivity (Wildman–Crippen MR) is 163 cm³/mol. The van der Waals surface area contributed by atoms with E-state index in [1.807, 2.05) is 39.8 Å². The molecule has 1 aromatic carbocycles. The average molecular weight is 563 g/mol. The minimum Gasteiger partial charge on any atom is -0.481 e. The highest BCUT2D eigenvalue weighted by Crippen LogP contribution is 2.33. The number of rotatable bonds is 5. The van der Waals surface area contributed by atoms with E-state index in [-0.39, 0.29) is 18.0 Å². The van der Waals surface area contributed by atoms with Gasteiger partial charge in [0.15, 0.2) is 0 Å². The van der Waals surface area contributed by atoms with Gasteiger partial charge in [0, 0.05) is 47.7 Å². The van der Waals surface area contributed by atoms with E-state index in [0.717, 1.165) is 73.1 Å². The highest BCUT2D eigenvalue weighted by molar-refractivity contribution is 5.97. The zero-order chi connectivity index (χ0) is 29.6. The summed E-state index contributed by atoms with van der Waals surface area (Å²) in [5.41, 5.74) is 5.35. The fourth-order valence-corrected chi connectivity index (χ4v) is 6.04. The molecular weight excluding hydrogens is 516 g/mol. The number of alkyl carbamates (subject to hydrolysis) is 1. The molecule has 0 spiro atoms. The minimum absolute atomic E-state index is 0.0919. The number of aryl methyl sites for hydroxylation is 2. The monoisotopic (exact) mass is 562 g/mol. The molecule has 4 rings (SSSR count). The van der Waals surface area contributed by atoms with E-state index in [2.05, 4.69) is 51.7 Å². The van der Waals surface area contributed by atoms with Crippen LogP contribution in [0.2, 0.25) is 0 Å². The molecule has 8 heteroatoms. The molecular formula is C33H46N4O4. The van der Waals surface area contributed by atoms with Gasteiger partial charge in [-0.15, -0.1) is 0 Å². The summed E-state index contributed by atoms with van der Waals surface area (Å²) in [5.74, 6) is 0.481. The van der Waals surface area contributed by atoms with Gasteiger partial charge in [-0.1, -0.05) is 18.2 Å². The Morgan fingerprint density at radius 1 is 1.15 bits per heavy atom. The van der Waals surface area contributed by atoms with Crippen LogP contribution in [-0.2, 0) is 24.1 Å². The summed E-state index contributed by atoms with van der Waals surface area (Å²) in [6, 6.07) is 8.60. The molecule has 0 bridgehead atoms. The molecule has 1 aromatic heterocycles. The number of hydrogen-bond donors (Lipinski definition) is 2. The van der Waals surface area contributed by atoms with E-state index in [9.17, 15) is 9.59 Å². The Morgan fingerprint density at radius 3 is 2.59 bits per heavy atom. The molecule has 1 aliphatic heterocycles.